The van der Waals surface area contributed by atoms with Gasteiger partial charge < -0.3 is 23.9 Å². The number of carbonyl (C=O) groups excluding carboxylic acids is 2. The summed E-state index contributed by atoms with van der Waals surface area (Å²) in [5.74, 6) is 0.641. The number of esters is 1. The number of rotatable bonds is 7. The van der Waals surface area contributed by atoms with Crippen molar-refractivity contribution in [3.63, 3.8) is 0 Å². The number of pyridine rings is 2. The fourth-order valence-corrected chi connectivity index (χ4v) is 6.53. The van der Waals surface area contributed by atoms with E-state index in [0.717, 1.165) is 18.5 Å². The van der Waals surface area contributed by atoms with Crippen molar-refractivity contribution in [1.82, 2.24) is 24.3 Å². The largest absolute Gasteiger partial charge is 0.461 e. The molecule has 1 amide bonds. The quantitative estimate of drug-likeness (QED) is 0.308. The number of aromatic nitrogens is 5. The summed E-state index contributed by atoms with van der Waals surface area (Å²) in [6, 6.07) is 7.46. The molecule has 4 aromatic heterocycles. The number of amides is 1. The highest BCUT2D eigenvalue weighted by atomic mass is 16.5. The minimum atomic E-state index is -0.447. The summed E-state index contributed by atoms with van der Waals surface area (Å²) in [4.78, 5) is 45.3. The standard InChI is InChI=1S/C32H35N7O5/c1-18(40)44-17-23-22(20-9-25(30(41)37(4)14-20)34-28-11-24(35-36-28)21-15-43-16-21)5-6-33-29(23)39-8-7-38-26(31(39)42)10-19-12-32(2,3)13-27(19)38/h5-6,9-11,14,21H,7-8,12-13,15-17H2,1-4H3,(H2,34,35,36). The van der Waals surface area contributed by atoms with Crippen molar-refractivity contribution in [3.8, 4) is 11.1 Å². The second-order valence-corrected chi connectivity index (χ2v) is 12.7. The number of nitrogens with one attached hydrogen (secondary N) is 2. The molecule has 6 heterocycles. The van der Waals surface area contributed by atoms with Gasteiger partial charge in [0.25, 0.3) is 11.5 Å². The van der Waals surface area contributed by atoms with Gasteiger partial charge in [-0.3, -0.25) is 24.4 Å². The van der Waals surface area contributed by atoms with Gasteiger partial charge in [0.05, 0.1) is 13.2 Å². The van der Waals surface area contributed by atoms with E-state index in [-0.39, 0.29) is 29.4 Å². The van der Waals surface area contributed by atoms with Crippen LogP contribution in [0.3, 0.4) is 0 Å². The molecule has 3 aliphatic rings. The summed E-state index contributed by atoms with van der Waals surface area (Å²) in [7, 11) is 1.68. The molecule has 0 unspecified atom stereocenters. The predicted molar refractivity (Wildman–Crippen MR) is 163 cm³/mol. The monoisotopic (exact) mass is 597 g/mol. The molecule has 1 fully saturated rings. The first-order chi connectivity index (χ1) is 21.1. The third-order valence-corrected chi connectivity index (χ3v) is 8.77. The summed E-state index contributed by atoms with van der Waals surface area (Å²) in [6.07, 6.45) is 5.25. The number of hydrogen-bond donors (Lipinski definition) is 2. The van der Waals surface area contributed by atoms with Crippen LogP contribution >= 0.6 is 0 Å². The zero-order valence-corrected chi connectivity index (χ0v) is 25.3. The maximum Gasteiger partial charge on any atom is 0.302 e. The number of aromatic amines is 1. The molecule has 228 valence electrons. The lowest BCUT2D eigenvalue weighted by molar-refractivity contribution is -0.142. The first-order valence-corrected chi connectivity index (χ1v) is 14.8. The number of hydrogen-bond acceptors (Lipinski definition) is 8. The van der Waals surface area contributed by atoms with Crippen molar-refractivity contribution < 1.29 is 19.1 Å². The van der Waals surface area contributed by atoms with Crippen molar-refractivity contribution in [2.24, 2.45) is 12.5 Å². The van der Waals surface area contributed by atoms with E-state index >= 15 is 0 Å². The van der Waals surface area contributed by atoms with Crippen molar-refractivity contribution >= 4 is 29.2 Å². The Labute approximate surface area is 254 Å². The Balaban J connectivity index is 1.25. The number of aryl methyl sites for hydroxylation is 1. The van der Waals surface area contributed by atoms with Gasteiger partial charge in [-0.2, -0.15) is 5.10 Å². The van der Waals surface area contributed by atoms with E-state index < -0.39 is 5.97 Å². The highest BCUT2D eigenvalue weighted by molar-refractivity contribution is 6.06. The van der Waals surface area contributed by atoms with Crippen molar-refractivity contribution in [2.45, 2.75) is 52.7 Å². The van der Waals surface area contributed by atoms with Gasteiger partial charge in [-0.05, 0) is 47.6 Å². The van der Waals surface area contributed by atoms with E-state index in [2.05, 4.69) is 38.9 Å². The fourth-order valence-electron chi connectivity index (χ4n) is 6.53. The van der Waals surface area contributed by atoms with Gasteiger partial charge in [0, 0.05) is 74.0 Å². The van der Waals surface area contributed by atoms with Crippen LogP contribution < -0.4 is 15.8 Å². The van der Waals surface area contributed by atoms with Crippen LogP contribution in [0.5, 0.6) is 0 Å². The molecule has 7 rings (SSSR count). The molecule has 0 aromatic carbocycles. The Kier molecular flexibility index (Phi) is 6.69. The van der Waals surface area contributed by atoms with E-state index in [1.807, 2.05) is 18.2 Å². The predicted octanol–water partition coefficient (Wildman–Crippen LogP) is 3.68. The molecular formula is C32H35N7O5. The average Bonchev–Trinajstić information content (AvgIpc) is 3.61. The summed E-state index contributed by atoms with van der Waals surface area (Å²) < 4.78 is 14.4. The molecule has 44 heavy (non-hydrogen) atoms. The number of H-pyrrole nitrogens is 1. The molecule has 4 aromatic rings. The normalized spacial score (nSPS) is 17.3. The molecule has 0 bridgehead atoms. The Morgan fingerprint density at radius 2 is 2.00 bits per heavy atom. The van der Waals surface area contributed by atoms with Gasteiger partial charge in [0.2, 0.25) is 0 Å². The van der Waals surface area contributed by atoms with E-state index in [0.29, 0.717) is 66.0 Å². The van der Waals surface area contributed by atoms with Crippen LogP contribution in [0.4, 0.5) is 17.3 Å². The maximum absolute atomic E-state index is 13.9. The van der Waals surface area contributed by atoms with Gasteiger partial charge in [0.15, 0.2) is 5.82 Å². The van der Waals surface area contributed by atoms with Gasteiger partial charge in [-0.25, -0.2) is 4.98 Å². The highest BCUT2D eigenvalue weighted by Gasteiger charge is 2.37. The average molecular weight is 598 g/mol. The molecule has 0 spiro atoms. The third-order valence-electron chi connectivity index (χ3n) is 8.77. The topological polar surface area (TPSA) is 136 Å². The second kappa shape index (κ2) is 10.5. The Bertz CT molecular complexity index is 1860. The number of fused-ring (bicyclic) bond motifs is 3. The van der Waals surface area contributed by atoms with Crippen LogP contribution in [-0.4, -0.2) is 56.0 Å². The van der Waals surface area contributed by atoms with Crippen LogP contribution in [0, 0.1) is 5.41 Å². The van der Waals surface area contributed by atoms with Crippen LogP contribution in [0.15, 0.2) is 41.5 Å². The molecule has 0 atom stereocenters. The molecule has 1 aliphatic carbocycles. The Hall–Kier alpha value is -4.71. The Morgan fingerprint density at radius 3 is 2.75 bits per heavy atom. The second-order valence-electron chi connectivity index (χ2n) is 12.7. The van der Waals surface area contributed by atoms with Crippen LogP contribution in [-0.2, 0) is 47.3 Å². The van der Waals surface area contributed by atoms with Gasteiger partial charge in [-0.1, -0.05) is 13.8 Å². The number of carbonyl (C=O) groups is 2. The van der Waals surface area contributed by atoms with Crippen LogP contribution in [0.1, 0.15) is 59.7 Å². The number of anilines is 3. The van der Waals surface area contributed by atoms with E-state index in [9.17, 15) is 14.4 Å². The van der Waals surface area contributed by atoms with Crippen molar-refractivity contribution in [1.29, 1.82) is 0 Å². The first kappa shape index (κ1) is 28.1. The minimum Gasteiger partial charge on any atom is -0.461 e. The molecule has 2 aliphatic heterocycles. The minimum absolute atomic E-state index is 0.0822. The summed E-state index contributed by atoms with van der Waals surface area (Å²) in [5.41, 5.74) is 6.34. The van der Waals surface area contributed by atoms with Crippen LogP contribution in [0.2, 0.25) is 0 Å². The highest BCUT2D eigenvalue weighted by Crippen LogP contribution is 2.40. The molecule has 12 nitrogen and oxygen atoms in total. The lowest BCUT2D eigenvalue weighted by atomic mass is 9.90. The zero-order valence-electron chi connectivity index (χ0n) is 25.3. The lowest BCUT2D eigenvalue weighted by Crippen LogP contribution is -2.41. The third kappa shape index (κ3) is 4.88. The maximum atomic E-state index is 13.9. The molecule has 0 saturated carbocycles. The van der Waals surface area contributed by atoms with Crippen molar-refractivity contribution in [2.75, 3.05) is 30.0 Å². The smallest absolute Gasteiger partial charge is 0.302 e. The fraction of sp³-hybridized carbons (Fsp3) is 0.406. The molecule has 0 radical (unpaired) electrons. The first-order valence-electron chi connectivity index (χ1n) is 14.8. The molecule has 1 saturated heterocycles. The van der Waals surface area contributed by atoms with Gasteiger partial charge in [-0.15, -0.1) is 0 Å². The van der Waals surface area contributed by atoms with E-state index in [1.165, 1.54) is 22.7 Å². The van der Waals surface area contributed by atoms with Crippen molar-refractivity contribution in [3.05, 3.63) is 75.2 Å². The zero-order chi connectivity index (χ0) is 30.7. The number of nitrogens with zero attached hydrogens (tertiary/aromatic N) is 5. The summed E-state index contributed by atoms with van der Waals surface area (Å²) in [6.45, 7) is 8.14. The number of ether oxygens (including phenoxy) is 2. The molecule has 2 N–H and O–H groups in total. The van der Waals surface area contributed by atoms with Gasteiger partial charge in [0.1, 0.15) is 23.8 Å². The van der Waals surface area contributed by atoms with Crippen LogP contribution in [0.25, 0.3) is 11.1 Å². The van der Waals surface area contributed by atoms with Gasteiger partial charge >= 0.3 is 5.97 Å². The Morgan fingerprint density at radius 1 is 1.18 bits per heavy atom. The molecular weight excluding hydrogens is 562 g/mol. The summed E-state index contributed by atoms with van der Waals surface area (Å²) in [5, 5.41) is 10.5. The van der Waals surface area contributed by atoms with E-state index in [1.54, 1.807) is 30.4 Å². The lowest BCUT2D eigenvalue weighted by Gasteiger charge is -2.31. The van der Waals surface area contributed by atoms with E-state index in [4.69, 9.17) is 9.47 Å². The SMILES string of the molecule is CC(=O)OCc1c(-c2cc(Nc3cc(C4COC4)[nH]n3)c(=O)n(C)c2)ccnc1N1CCn2c(cc3c2CC(C)(C)C3)C1=O. The summed E-state index contributed by atoms with van der Waals surface area (Å²) >= 11 is 0. The molecule has 12 heteroatoms.